The van der Waals surface area contributed by atoms with E-state index in [1.165, 1.54) is 6.42 Å². The van der Waals surface area contributed by atoms with Crippen molar-refractivity contribution < 1.29 is 10.2 Å². The summed E-state index contributed by atoms with van der Waals surface area (Å²) in [7, 11) is 0. The van der Waals surface area contributed by atoms with E-state index >= 15 is 0 Å². The highest BCUT2D eigenvalue weighted by molar-refractivity contribution is 6.33. The van der Waals surface area contributed by atoms with Crippen LogP contribution in [0.4, 0.5) is 5.82 Å². The summed E-state index contributed by atoms with van der Waals surface area (Å²) in [6, 6.07) is 2.17. The molecule has 4 nitrogen and oxygen atoms in total. The van der Waals surface area contributed by atoms with Crippen LogP contribution in [0.2, 0.25) is 5.02 Å². The van der Waals surface area contributed by atoms with Gasteiger partial charge in [-0.25, -0.2) is 4.98 Å². The van der Waals surface area contributed by atoms with Crippen molar-refractivity contribution >= 4 is 17.4 Å². The lowest BCUT2D eigenvalue weighted by molar-refractivity contribution is 0.280. The van der Waals surface area contributed by atoms with Crippen LogP contribution in [-0.2, 0) is 6.61 Å². The Bertz CT molecular complexity index is 383. The summed E-state index contributed by atoms with van der Waals surface area (Å²) in [4.78, 5) is 6.36. The molecular weight excluding hydrogens is 240 g/mol. The molecule has 94 valence electrons. The minimum atomic E-state index is -0.0591. The molecule has 2 rings (SSSR count). The SMILES string of the molecule is OCCN(c1ncc(CO)cc1Cl)C1CCC1. The van der Waals surface area contributed by atoms with Crippen molar-refractivity contribution in [3.8, 4) is 0 Å². The number of aliphatic hydroxyl groups is 2. The number of aromatic nitrogens is 1. The van der Waals surface area contributed by atoms with Crippen molar-refractivity contribution in [1.29, 1.82) is 0 Å². The maximum absolute atomic E-state index is 9.11. The largest absolute Gasteiger partial charge is 0.395 e. The highest BCUT2D eigenvalue weighted by Gasteiger charge is 2.26. The molecule has 0 aliphatic heterocycles. The fourth-order valence-corrected chi connectivity index (χ4v) is 2.33. The summed E-state index contributed by atoms with van der Waals surface area (Å²) in [5.41, 5.74) is 0.705. The second-order valence-electron chi connectivity index (χ2n) is 4.31. The molecule has 0 amide bonds. The third kappa shape index (κ3) is 2.70. The van der Waals surface area contributed by atoms with Gasteiger partial charge in [-0.15, -0.1) is 0 Å². The molecule has 2 N–H and O–H groups in total. The van der Waals surface area contributed by atoms with Gasteiger partial charge in [0.1, 0.15) is 5.82 Å². The quantitative estimate of drug-likeness (QED) is 0.840. The number of aliphatic hydroxyl groups excluding tert-OH is 2. The Morgan fingerprint density at radius 2 is 2.18 bits per heavy atom. The molecule has 0 bridgehead atoms. The van der Waals surface area contributed by atoms with Crippen LogP contribution in [0.25, 0.3) is 0 Å². The first kappa shape index (κ1) is 12.6. The fourth-order valence-electron chi connectivity index (χ4n) is 2.04. The Labute approximate surface area is 106 Å². The van der Waals surface area contributed by atoms with E-state index in [0.29, 0.717) is 29.0 Å². The molecule has 0 atom stereocenters. The molecule has 17 heavy (non-hydrogen) atoms. The lowest BCUT2D eigenvalue weighted by Gasteiger charge is -2.38. The van der Waals surface area contributed by atoms with Crippen molar-refractivity contribution in [3.05, 3.63) is 22.8 Å². The maximum Gasteiger partial charge on any atom is 0.147 e. The third-order valence-corrected chi connectivity index (χ3v) is 3.47. The van der Waals surface area contributed by atoms with Gasteiger partial charge in [0.15, 0.2) is 0 Å². The Morgan fingerprint density at radius 1 is 1.41 bits per heavy atom. The van der Waals surface area contributed by atoms with E-state index in [1.807, 2.05) is 0 Å². The summed E-state index contributed by atoms with van der Waals surface area (Å²) in [5.74, 6) is 0.711. The standard InChI is InChI=1S/C12H17ClN2O2/c13-11-6-9(8-17)7-14-12(11)15(4-5-16)10-2-1-3-10/h6-7,10,16-17H,1-5,8H2. The molecule has 1 aliphatic carbocycles. The van der Waals surface area contributed by atoms with Crippen LogP contribution in [0.1, 0.15) is 24.8 Å². The minimum absolute atomic E-state index is 0.0591. The molecule has 1 fully saturated rings. The molecule has 1 aromatic rings. The van der Waals surface area contributed by atoms with Gasteiger partial charge >= 0.3 is 0 Å². The van der Waals surface area contributed by atoms with Gasteiger partial charge in [0.25, 0.3) is 0 Å². The van der Waals surface area contributed by atoms with Crippen LogP contribution in [0, 0.1) is 0 Å². The van der Waals surface area contributed by atoms with E-state index in [4.69, 9.17) is 21.8 Å². The monoisotopic (exact) mass is 256 g/mol. The van der Waals surface area contributed by atoms with E-state index < -0.39 is 0 Å². The van der Waals surface area contributed by atoms with Gasteiger partial charge < -0.3 is 15.1 Å². The Hall–Kier alpha value is -0.840. The summed E-state index contributed by atoms with van der Waals surface area (Å²) in [6.07, 6.45) is 5.10. The Kier molecular flexibility index (Phi) is 4.20. The molecule has 0 aromatic carbocycles. The number of hydrogen-bond acceptors (Lipinski definition) is 4. The van der Waals surface area contributed by atoms with Crippen LogP contribution in [-0.4, -0.2) is 34.4 Å². The number of rotatable bonds is 5. The summed E-state index contributed by atoms with van der Waals surface area (Å²) >= 11 is 6.17. The van der Waals surface area contributed by atoms with Crippen LogP contribution in [0.3, 0.4) is 0 Å². The van der Waals surface area contributed by atoms with Crippen LogP contribution in [0.15, 0.2) is 12.3 Å². The predicted molar refractivity (Wildman–Crippen MR) is 67.2 cm³/mol. The average Bonchev–Trinajstić information content (AvgIpc) is 2.26. The van der Waals surface area contributed by atoms with E-state index in [-0.39, 0.29) is 13.2 Å². The van der Waals surface area contributed by atoms with E-state index in [0.717, 1.165) is 12.8 Å². The summed E-state index contributed by atoms with van der Waals surface area (Å²) in [6.45, 7) is 0.586. The first-order valence-corrected chi connectivity index (χ1v) is 6.27. The van der Waals surface area contributed by atoms with Gasteiger partial charge in [0.05, 0.1) is 18.2 Å². The van der Waals surface area contributed by atoms with E-state index in [1.54, 1.807) is 12.3 Å². The van der Waals surface area contributed by atoms with Gasteiger partial charge in [-0.1, -0.05) is 11.6 Å². The van der Waals surface area contributed by atoms with Crippen LogP contribution in [0.5, 0.6) is 0 Å². The van der Waals surface area contributed by atoms with Crippen LogP contribution < -0.4 is 4.90 Å². The molecule has 5 heteroatoms. The Balaban J connectivity index is 2.22. The van der Waals surface area contributed by atoms with Crippen molar-refractivity contribution in [2.45, 2.75) is 31.9 Å². The lowest BCUT2D eigenvalue weighted by atomic mass is 9.91. The first-order chi connectivity index (χ1) is 8.26. The molecular formula is C12H17ClN2O2. The predicted octanol–water partition coefficient (Wildman–Crippen LogP) is 1.58. The number of anilines is 1. The molecule has 0 saturated heterocycles. The molecule has 0 unspecified atom stereocenters. The average molecular weight is 257 g/mol. The van der Waals surface area contributed by atoms with E-state index in [2.05, 4.69) is 9.88 Å². The van der Waals surface area contributed by atoms with Crippen molar-refractivity contribution in [3.63, 3.8) is 0 Å². The van der Waals surface area contributed by atoms with Gasteiger partial charge in [0.2, 0.25) is 0 Å². The molecule has 1 heterocycles. The van der Waals surface area contributed by atoms with Crippen molar-refractivity contribution in [2.75, 3.05) is 18.1 Å². The third-order valence-electron chi connectivity index (χ3n) is 3.19. The summed E-state index contributed by atoms with van der Waals surface area (Å²) in [5, 5.41) is 18.7. The second kappa shape index (κ2) is 5.67. The number of pyridine rings is 1. The molecule has 0 spiro atoms. The number of hydrogen-bond donors (Lipinski definition) is 2. The van der Waals surface area contributed by atoms with Gasteiger partial charge in [0, 0.05) is 18.8 Å². The molecule has 1 aliphatic rings. The highest BCUT2D eigenvalue weighted by Crippen LogP contribution is 2.32. The second-order valence-corrected chi connectivity index (χ2v) is 4.72. The lowest BCUT2D eigenvalue weighted by Crippen LogP contribution is -2.42. The normalized spacial score (nSPS) is 15.7. The molecule has 1 aromatic heterocycles. The van der Waals surface area contributed by atoms with Gasteiger partial charge in [-0.05, 0) is 30.9 Å². The maximum atomic E-state index is 9.11. The molecule has 1 saturated carbocycles. The molecule has 0 radical (unpaired) electrons. The zero-order chi connectivity index (χ0) is 12.3. The number of nitrogens with zero attached hydrogens (tertiary/aromatic N) is 2. The highest BCUT2D eigenvalue weighted by atomic mass is 35.5. The van der Waals surface area contributed by atoms with Crippen LogP contribution >= 0.6 is 11.6 Å². The zero-order valence-electron chi connectivity index (χ0n) is 9.64. The first-order valence-electron chi connectivity index (χ1n) is 5.89. The summed E-state index contributed by atoms with van der Waals surface area (Å²) < 4.78 is 0. The van der Waals surface area contributed by atoms with Crippen molar-refractivity contribution in [2.24, 2.45) is 0 Å². The van der Waals surface area contributed by atoms with Gasteiger partial charge in [-0.2, -0.15) is 0 Å². The van der Waals surface area contributed by atoms with E-state index in [9.17, 15) is 0 Å². The van der Waals surface area contributed by atoms with Crippen molar-refractivity contribution in [1.82, 2.24) is 4.98 Å². The smallest absolute Gasteiger partial charge is 0.147 e. The zero-order valence-corrected chi connectivity index (χ0v) is 10.4. The fraction of sp³-hybridized carbons (Fsp3) is 0.583. The van der Waals surface area contributed by atoms with Gasteiger partial charge in [-0.3, -0.25) is 0 Å². The number of halogens is 1. The minimum Gasteiger partial charge on any atom is -0.395 e. The topological polar surface area (TPSA) is 56.6 Å². The Morgan fingerprint density at radius 3 is 2.65 bits per heavy atom.